The number of nitriles is 1. The molecule has 0 aliphatic carbocycles. The first-order chi connectivity index (χ1) is 9.03. The number of alkyl halides is 3. The Balaban J connectivity index is 3.18. The molecule has 0 atom stereocenters. The molecule has 102 valence electrons. The molecule has 0 aliphatic rings. The number of carbonyl (C=O) groups excluding carboxylic acids is 1. The maximum atomic E-state index is 12.8. The number of pyridine rings is 1. The second kappa shape index (κ2) is 7.00. The lowest BCUT2D eigenvalue weighted by Gasteiger charge is -2.10. The summed E-state index contributed by atoms with van der Waals surface area (Å²) in [6, 6.07) is 3.06. The van der Waals surface area contributed by atoms with Crippen molar-refractivity contribution in [3.8, 4) is 6.07 Å². The summed E-state index contributed by atoms with van der Waals surface area (Å²) in [5, 5.41) is 8.92. The van der Waals surface area contributed by atoms with E-state index in [1.165, 1.54) is 6.07 Å². The van der Waals surface area contributed by atoms with Crippen LogP contribution in [0.15, 0.2) is 6.07 Å². The standard InChI is InChI=1S/C12H11ClF2N2O2/c1-2-19-10(18)4-8-3-7(6-16)9(5-13)11(17-8)12(14)15/h3,12H,2,4-5H2,1H3. The highest BCUT2D eigenvalue weighted by Gasteiger charge is 2.20. The third-order valence-corrected chi connectivity index (χ3v) is 2.57. The van der Waals surface area contributed by atoms with Crippen LogP contribution in [-0.4, -0.2) is 17.6 Å². The van der Waals surface area contributed by atoms with Crippen molar-refractivity contribution in [3.63, 3.8) is 0 Å². The second-order valence-corrected chi connectivity index (χ2v) is 3.82. The smallest absolute Gasteiger partial charge is 0.311 e. The Bertz CT molecular complexity index is 515. The first kappa shape index (κ1) is 15.3. The SMILES string of the molecule is CCOC(=O)Cc1cc(C#N)c(CCl)c(C(F)F)n1. The van der Waals surface area contributed by atoms with Gasteiger partial charge in [-0.2, -0.15) is 5.26 Å². The van der Waals surface area contributed by atoms with Gasteiger partial charge in [-0.3, -0.25) is 9.78 Å². The number of hydrogen-bond donors (Lipinski definition) is 0. The van der Waals surface area contributed by atoms with Crippen LogP contribution in [0.25, 0.3) is 0 Å². The molecule has 0 amide bonds. The molecule has 0 radical (unpaired) electrons. The van der Waals surface area contributed by atoms with Crippen molar-refractivity contribution in [2.45, 2.75) is 25.7 Å². The molecular weight excluding hydrogens is 278 g/mol. The van der Waals surface area contributed by atoms with Crippen molar-refractivity contribution in [3.05, 3.63) is 28.6 Å². The van der Waals surface area contributed by atoms with Gasteiger partial charge in [-0.1, -0.05) is 0 Å². The van der Waals surface area contributed by atoms with Gasteiger partial charge in [0.15, 0.2) is 0 Å². The van der Waals surface area contributed by atoms with E-state index in [0.717, 1.165) is 0 Å². The largest absolute Gasteiger partial charge is 0.466 e. The summed E-state index contributed by atoms with van der Waals surface area (Å²) in [6.07, 6.45) is -3.12. The van der Waals surface area contributed by atoms with E-state index < -0.39 is 18.1 Å². The van der Waals surface area contributed by atoms with Gasteiger partial charge in [-0.15, -0.1) is 11.6 Å². The zero-order valence-electron chi connectivity index (χ0n) is 10.1. The minimum atomic E-state index is -2.86. The molecule has 0 saturated heterocycles. The number of rotatable bonds is 5. The maximum Gasteiger partial charge on any atom is 0.311 e. The molecule has 7 heteroatoms. The quantitative estimate of drug-likeness (QED) is 0.617. The zero-order valence-corrected chi connectivity index (χ0v) is 10.9. The first-order valence-corrected chi connectivity index (χ1v) is 5.99. The van der Waals surface area contributed by atoms with Gasteiger partial charge in [0, 0.05) is 5.56 Å². The van der Waals surface area contributed by atoms with Crippen LogP contribution in [0.3, 0.4) is 0 Å². The number of halogens is 3. The molecule has 0 aromatic carbocycles. The summed E-state index contributed by atoms with van der Waals surface area (Å²) in [5.74, 6) is -0.826. The third-order valence-electron chi connectivity index (χ3n) is 2.30. The average Bonchev–Trinajstić information content (AvgIpc) is 2.37. The summed E-state index contributed by atoms with van der Waals surface area (Å²) in [5.41, 5.74) is -0.501. The predicted octanol–water partition coefficient (Wildman–Crippen LogP) is 2.74. The lowest BCUT2D eigenvalue weighted by Crippen LogP contribution is -2.11. The number of esters is 1. The molecule has 0 unspecified atom stereocenters. The fraction of sp³-hybridized carbons (Fsp3) is 0.417. The molecule has 0 bridgehead atoms. The van der Waals surface area contributed by atoms with Crippen LogP contribution >= 0.6 is 11.6 Å². The van der Waals surface area contributed by atoms with Gasteiger partial charge >= 0.3 is 5.97 Å². The number of ether oxygens (including phenoxy) is 1. The van der Waals surface area contributed by atoms with E-state index in [4.69, 9.17) is 21.6 Å². The van der Waals surface area contributed by atoms with Gasteiger partial charge in [-0.25, -0.2) is 8.78 Å². The summed E-state index contributed by atoms with van der Waals surface area (Å²) >= 11 is 5.55. The molecule has 0 aliphatic heterocycles. The first-order valence-electron chi connectivity index (χ1n) is 5.46. The van der Waals surface area contributed by atoms with Gasteiger partial charge in [0.25, 0.3) is 6.43 Å². The van der Waals surface area contributed by atoms with E-state index in [1.54, 1.807) is 13.0 Å². The molecule has 1 aromatic rings. The zero-order chi connectivity index (χ0) is 14.4. The number of aromatic nitrogens is 1. The molecule has 0 spiro atoms. The highest BCUT2D eigenvalue weighted by atomic mass is 35.5. The number of carbonyl (C=O) groups is 1. The van der Waals surface area contributed by atoms with E-state index in [9.17, 15) is 13.6 Å². The second-order valence-electron chi connectivity index (χ2n) is 3.55. The molecule has 0 saturated carbocycles. The van der Waals surface area contributed by atoms with E-state index >= 15 is 0 Å². The Kier molecular flexibility index (Phi) is 5.64. The Morgan fingerprint density at radius 1 is 1.63 bits per heavy atom. The average molecular weight is 289 g/mol. The van der Waals surface area contributed by atoms with E-state index in [1.807, 2.05) is 0 Å². The third kappa shape index (κ3) is 3.86. The summed E-state index contributed by atoms with van der Waals surface area (Å²) < 4.78 is 30.4. The van der Waals surface area contributed by atoms with Crippen LogP contribution in [0.4, 0.5) is 8.78 Å². The molecule has 1 heterocycles. The van der Waals surface area contributed by atoms with Crippen molar-refractivity contribution < 1.29 is 18.3 Å². The van der Waals surface area contributed by atoms with Crippen molar-refractivity contribution >= 4 is 17.6 Å². The lowest BCUT2D eigenvalue weighted by molar-refractivity contribution is -0.142. The van der Waals surface area contributed by atoms with Crippen molar-refractivity contribution in [2.24, 2.45) is 0 Å². The van der Waals surface area contributed by atoms with Gasteiger partial charge < -0.3 is 4.74 Å². The molecule has 0 fully saturated rings. The predicted molar refractivity (Wildman–Crippen MR) is 63.8 cm³/mol. The fourth-order valence-electron chi connectivity index (χ4n) is 1.52. The molecule has 1 aromatic heterocycles. The van der Waals surface area contributed by atoms with Gasteiger partial charge in [-0.05, 0) is 13.0 Å². The van der Waals surface area contributed by atoms with Crippen LogP contribution in [0.2, 0.25) is 0 Å². The Labute approximate surface area is 114 Å². The van der Waals surface area contributed by atoms with Crippen LogP contribution in [-0.2, 0) is 21.8 Å². The molecule has 0 N–H and O–H groups in total. The van der Waals surface area contributed by atoms with Crippen LogP contribution in [0.1, 0.15) is 35.9 Å². The maximum absolute atomic E-state index is 12.8. The highest BCUT2D eigenvalue weighted by molar-refractivity contribution is 6.17. The minimum Gasteiger partial charge on any atom is -0.466 e. The molecule has 1 rings (SSSR count). The van der Waals surface area contributed by atoms with Crippen LogP contribution in [0.5, 0.6) is 0 Å². The van der Waals surface area contributed by atoms with E-state index in [2.05, 4.69) is 4.98 Å². The molecule has 4 nitrogen and oxygen atoms in total. The molecule has 19 heavy (non-hydrogen) atoms. The Morgan fingerprint density at radius 3 is 2.79 bits per heavy atom. The highest BCUT2D eigenvalue weighted by Crippen LogP contribution is 2.26. The summed E-state index contributed by atoms with van der Waals surface area (Å²) in [4.78, 5) is 15.0. The van der Waals surface area contributed by atoms with E-state index in [0.29, 0.717) is 0 Å². The van der Waals surface area contributed by atoms with E-state index in [-0.39, 0.29) is 35.7 Å². The van der Waals surface area contributed by atoms with Gasteiger partial charge in [0.05, 0.1) is 36.2 Å². The number of hydrogen-bond acceptors (Lipinski definition) is 4. The van der Waals surface area contributed by atoms with Gasteiger partial charge in [0.1, 0.15) is 5.69 Å². The number of nitrogens with zero attached hydrogens (tertiary/aromatic N) is 2. The minimum absolute atomic E-state index is 0.000372. The molecular formula is C12H11ClF2N2O2. The Morgan fingerprint density at radius 2 is 2.32 bits per heavy atom. The fourth-order valence-corrected chi connectivity index (χ4v) is 1.80. The van der Waals surface area contributed by atoms with Crippen LogP contribution < -0.4 is 0 Å². The van der Waals surface area contributed by atoms with Crippen molar-refractivity contribution in [1.82, 2.24) is 4.98 Å². The summed E-state index contributed by atoms with van der Waals surface area (Å²) in [7, 11) is 0. The van der Waals surface area contributed by atoms with Crippen molar-refractivity contribution in [1.29, 1.82) is 5.26 Å². The summed E-state index contributed by atoms with van der Waals surface area (Å²) in [6.45, 7) is 1.82. The normalized spacial score (nSPS) is 10.3. The Hall–Kier alpha value is -1.74. The topological polar surface area (TPSA) is 63.0 Å². The monoisotopic (exact) mass is 288 g/mol. The van der Waals surface area contributed by atoms with Crippen LogP contribution in [0, 0.1) is 11.3 Å². The van der Waals surface area contributed by atoms with Gasteiger partial charge in [0.2, 0.25) is 0 Å². The van der Waals surface area contributed by atoms with Crippen molar-refractivity contribution in [2.75, 3.05) is 6.61 Å². The lowest BCUT2D eigenvalue weighted by atomic mass is 10.1.